The minimum Gasteiger partial charge on any atom is -0.366 e. The Hall–Kier alpha value is -0.910. The number of halogens is 1. The molecule has 0 radical (unpaired) electrons. The van der Waals surface area contributed by atoms with Crippen molar-refractivity contribution in [2.45, 2.75) is 19.4 Å². The second-order valence-electron chi connectivity index (χ2n) is 4.36. The van der Waals surface area contributed by atoms with Gasteiger partial charge in [-0.25, -0.2) is 0 Å². The maximum absolute atomic E-state index is 12.2. The normalized spacial score (nSPS) is 20.3. The van der Waals surface area contributed by atoms with E-state index in [0.717, 1.165) is 15.7 Å². The monoisotopic (exact) mass is 312 g/mol. The first kappa shape index (κ1) is 13.5. The zero-order valence-electron chi connectivity index (χ0n) is 10.4. The molecule has 0 aliphatic carbocycles. The Balaban J connectivity index is 2.21. The third-order valence-corrected chi connectivity index (χ3v) is 3.95. The Bertz CT molecular complexity index is 449. The SMILES string of the molecule is Cc1cc(N2CCOC(CCN)C2=O)ccc1Br. The number of anilines is 1. The number of rotatable bonds is 3. The van der Waals surface area contributed by atoms with Crippen LogP contribution in [0.1, 0.15) is 12.0 Å². The predicted molar refractivity (Wildman–Crippen MR) is 74.6 cm³/mol. The molecule has 1 aromatic rings. The average molecular weight is 313 g/mol. The summed E-state index contributed by atoms with van der Waals surface area (Å²) in [5, 5.41) is 0. The zero-order valence-corrected chi connectivity index (χ0v) is 11.9. The Morgan fingerprint density at radius 1 is 1.56 bits per heavy atom. The van der Waals surface area contributed by atoms with Gasteiger partial charge in [0.15, 0.2) is 0 Å². The van der Waals surface area contributed by atoms with Crippen molar-refractivity contribution in [3.05, 3.63) is 28.2 Å². The standard InChI is InChI=1S/C13H17BrN2O2/c1-9-8-10(2-3-11(9)14)16-6-7-18-12(4-5-15)13(16)17/h2-3,8,12H,4-7,15H2,1H3. The minimum absolute atomic E-state index is 0.00780. The number of hydrogen-bond donors (Lipinski definition) is 1. The smallest absolute Gasteiger partial charge is 0.256 e. The lowest BCUT2D eigenvalue weighted by atomic mass is 10.1. The van der Waals surface area contributed by atoms with Gasteiger partial charge in [-0.15, -0.1) is 0 Å². The fourth-order valence-corrected chi connectivity index (χ4v) is 2.30. The van der Waals surface area contributed by atoms with Crippen LogP contribution in [0.5, 0.6) is 0 Å². The Morgan fingerprint density at radius 2 is 2.33 bits per heavy atom. The maximum atomic E-state index is 12.2. The van der Waals surface area contributed by atoms with Crippen molar-refractivity contribution in [2.24, 2.45) is 5.73 Å². The van der Waals surface area contributed by atoms with Gasteiger partial charge < -0.3 is 15.4 Å². The molecule has 0 saturated carbocycles. The minimum atomic E-state index is -0.396. The summed E-state index contributed by atoms with van der Waals surface area (Å²) in [6, 6.07) is 5.91. The van der Waals surface area contributed by atoms with Gasteiger partial charge in [-0.3, -0.25) is 4.79 Å². The number of carbonyl (C=O) groups is 1. The number of nitrogens with two attached hydrogens (primary N) is 1. The van der Waals surface area contributed by atoms with Crippen LogP contribution in [0.2, 0.25) is 0 Å². The number of morpholine rings is 1. The van der Waals surface area contributed by atoms with E-state index in [1.54, 1.807) is 4.90 Å². The third kappa shape index (κ3) is 2.74. The molecule has 98 valence electrons. The van der Waals surface area contributed by atoms with Gasteiger partial charge in [0.2, 0.25) is 0 Å². The second-order valence-corrected chi connectivity index (χ2v) is 5.21. The molecular weight excluding hydrogens is 296 g/mol. The van der Waals surface area contributed by atoms with Crippen LogP contribution in [0, 0.1) is 6.92 Å². The van der Waals surface area contributed by atoms with Gasteiger partial charge >= 0.3 is 0 Å². The molecule has 1 aliphatic heterocycles. The van der Waals surface area contributed by atoms with Gasteiger partial charge in [-0.2, -0.15) is 0 Å². The lowest BCUT2D eigenvalue weighted by Crippen LogP contribution is -2.48. The highest BCUT2D eigenvalue weighted by atomic mass is 79.9. The molecule has 1 unspecified atom stereocenters. The molecule has 1 aromatic carbocycles. The summed E-state index contributed by atoms with van der Waals surface area (Å²) in [5.41, 5.74) is 7.53. The van der Waals surface area contributed by atoms with Crippen LogP contribution in [0.4, 0.5) is 5.69 Å². The van der Waals surface area contributed by atoms with Crippen molar-refractivity contribution in [1.82, 2.24) is 0 Å². The number of aryl methyl sites for hydroxylation is 1. The number of benzene rings is 1. The summed E-state index contributed by atoms with van der Waals surface area (Å²) < 4.78 is 6.50. The van der Waals surface area contributed by atoms with Crippen molar-refractivity contribution in [1.29, 1.82) is 0 Å². The topological polar surface area (TPSA) is 55.6 Å². The molecule has 0 bridgehead atoms. The van der Waals surface area contributed by atoms with Crippen LogP contribution in [-0.2, 0) is 9.53 Å². The van der Waals surface area contributed by atoms with E-state index in [9.17, 15) is 4.79 Å². The van der Waals surface area contributed by atoms with Gasteiger partial charge in [0.25, 0.3) is 5.91 Å². The average Bonchev–Trinajstić information content (AvgIpc) is 2.36. The summed E-state index contributed by atoms with van der Waals surface area (Å²) in [7, 11) is 0. The molecule has 2 N–H and O–H groups in total. The first-order valence-electron chi connectivity index (χ1n) is 6.02. The summed E-state index contributed by atoms with van der Waals surface area (Å²) in [6.45, 7) is 3.63. The van der Waals surface area contributed by atoms with Crippen LogP contribution in [0.3, 0.4) is 0 Å². The van der Waals surface area contributed by atoms with Crippen LogP contribution in [-0.4, -0.2) is 31.7 Å². The van der Waals surface area contributed by atoms with Crippen molar-refractivity contribution >= 4 is 27.5 Å². The molecule has 1 aliphatic rings. The first-order chi connectivity index (χ1) is 8.63. The van der Waals surface area contributed by atoms with E-state index < -0.39 is 6.10 Å². The number of carbonyl (C=O) groups excluding carboxylic acids is 1. The van der Waals surface area contributed by atoms with E-state index in [1.165, 1.54) is 0 Å². The van der Waals surface area contributed by atoms with Crippen molar-refractivity contribution in [3.8, 4) is 0 Å². The lowest BCUT2D eigenvalue weighted by Gasteiger charge is -2.32. The van der Waals surface area contributed by atoms with Crippen LogP contribution >= 0.6 is 15.9 Å². The lowest BCUT2D eigenvalue weighted by molar-refractivity contribution is -0.134. The number of ether oxygens (including phenoxy) is 1. The number of amides is 1. The molecule has 0 spiro atoms. The first-order valence-corrected chi connectivity index (χ1v) is 6.82. The molecule has 1 heterocycles. The van der Waals surface area contributed by atoms with E-state index in [0.29, 0.717) is 26.1 Å². The molecule has 2 rings (SSSR count). The van der Waals surface area contributed by atoms with E-state index >= 15 is 0 Å². The zero-order chi connectivity index (χ0) is 13.1. The van der Waals surface area contributed by atoms with Crippen LogP contribution in [0.25, 0.3) is 0 Å². The van der Waals surface area contributed by atoms with Gasteiger partial charge in [0, 0.05) is 16.7 Å². The molecule has 18 heavy (non-hydrogen) atoms. The van der Waals surface area contributed by atoms with E-state index in [4.69, 9.17) is 10.5 Å². The van der Waals surface area contributed by atoms with Crippen molar-refractivity contribution < 1.29 is 9.53 Å². The summed E-state index contributed by atoms with van der Waals surface area (Å²) in [5.74, 6) is 0.00780. The Kier molecular flexibility index (Phi) is 4.37. The molecule has 1 saturated heterocycles. The molecule has 1 fully saturated rings. The molecule has 0 aromatic heterocycles. The fraction of sp³-hybridized carbons (Fsp3) is 0.462. The highest BCUT2D eigenvalue weighted by Gasteiger charge is 2.29. The Labute approximate surface area is 115 Å². The van der Waals surface area contributed by atoms with Crippen LogP contribution in [0.15, 0.2) is 22.7 Å². The fourth-order valence-electron chi connectivity index (χ4n) is 2.05. The van der Waals surface area contributed by atoms with Crippen molar-refractivity contribution in [2.75, 3.05) is 24.6 Å². The number of hydrogen-bond acceptors (Lipinski definition) is 3. The molecule has 1 amide bonds. The molecule has 5 heteroatoms. The highest BCUT2D eigenvalue weighted by molar-refractivity contribution is 9.10. The van der Waals surface area contributed by atoms with Crippen molar-refractivity contribution in [3.63, 3.8) is 0 Å². The largest absolute Gasteiger partial charge is 0.366 e. The Morgan fingerprint density at radius 3 is 3.00 bits per heavy atom. The van der Waals surface area contributed by atoms with E-state index in [1.807, 2.05) is 25.1 Å². The second kappa shape index (κ2) is 5.82. The van der Waals surface area contributed by atoms with E-state index in [2.05, 4.69) is 15.9 Å². The van der Waals surface area contributed by atoms with Gasteiger partial charge in [-0.1, -0.05) is 15.9 Å². The molecular formula is C13H17BrN2O2. The number of nitrogens with zero attached hydrogens (tertiary/aromatic N) is 1. The van der Waals surface area contributed by atoms with Gasteiger partial charge in [-0.05, 0) is 43.7 Å². The summed E-state index contributed by atoms with van der Waals surface area (Å²) in [4.78, 5) is 14.0. The quantitative estimate of drug-likeness (QED) is 0.926. The molecule has 1 atom stereocenters. The summed E-state index contributed by atoms with van der Waals surface area (Å²) in [6.07, 6.45) is 0.179. The molecule has 4 nitrogen and oxygen atoms in total. The summed E-state index contributed by atoms with van der Waals surface area (Å²) >= 11 is 3.46. The van der Waals surface area contributed by atoms with Gasteiger partial charge in [0.05, 0.1) is 6.61 Å². The highest BCUT2D eigenvalue weighted by Crippen LogP contribution is 2.25. The maximum Gasteiger partial charge on any atom is 0.256 e. The van der Waals surface area contributed by atoms with Gasteiger partial charge in [0.1, 0.15) is 6.10 Å². The third-order valence-electron chi connectivity index (χ3n) is 3.06. The predicted octanol–water partition coefficient (Wildman–Crippen LogP) is 1.84. The van der Waals surface area contributed by atoms with E-state index in [-0.39, 0.29) is 5.91 Å². The van der Waals surface area contributed by atoms with Crippen LogP contribution < -0.4 is 10.6 Å².